The molecule has 0 saturated heterocycles. The molecule has 1 aromatic carbocycles. The first-order valence-electron chi connectivity index (χ1n) is 6.01. The number of nitrogens with zero attached hydrogens (tertiary/aromatic N) is 2. The van der Waals surface area contributed by atoms with Gasteiger partial charge in [-0.2, -0.15) is 5.26 Å². The average Bonchev–Trinajstić information content (AvgIpc) is 2.29. The van der Waals surface area contributed by atoms with E-state index in [4.69, 9.17) is 11.0 Å². The van der Waals surface area contributed by atoms with Crippen molar-refractivity contribution in [3.63, 3.8) is 0 Å². The summed E-state index contributed by atoms with van der Waals surface area (Å²) >= 11 is 0. The van der Waals surface area contributed by atoms with Crippen LogP contribution in [0.2, 0.25) is 0 Å². The molecule has 1 aromatic rings. The van der Waals surface area contributed by atoms with E-state index in [1.807, 2.05) is 19.1 Å². The number of benzene rings is 1. The fourth-order valence-corrected chi connectivity index (χ4v) is 1.81. The highest BCUT2D eigenvalue weighted by Gasteiger charge is 2.11. The number of hydrogen-bond acceptors (Lipinski definition) is 3. The van der Waals surface area contributed by atoms with Crippen LogP contribution in [0, 0.1) is 18.3 Å². The minimum absolute atomic E-state index is 0.434. The van der Waals surface area contributed by atoms with Crippen molar-refractivity contribution in [1.82, 2.24) is 4.90 Å². The normalized spacial score (nSPS) is 10.8. The first-order chi connectivity index (χ1) is 8.06. The van der Waals surface area contributed by atoms with Gasteiger partial charge in [-0.3, -0.25) is 4.90 Å². The van der Waals surface area contributed by atoms with Crippen LogP contribution >= 0.6 is 0 Å². The summed E-state index contributed by atoms with van der Waals surface area (Å²) in [5.74, 6) is 0. The number of anilines is 1. The van der Waals surface area contributed by atoms with E-state index in [2.05, 4.69) is 30.9 Å². The predicted octanol–water partition coefficient (Wildman–Crippen LogP) is 2.70. The third-order valence-corrected chi connectivity index (χ3v) is 3.10. The lowest BCUT2D eigenvalue weighted by atomic mass is 10.1. The Labute approximate surface area is 104 Å². The van der Waals surface area contributed by atoms with E-state index >= 15 is 0 Å². The molecule has 0 unspecified atom stereocenters. The van der Waals surface area contributed by atoms with Crippen molar-refractivity contribution in [3.8, 4) is 6.07 Å². The summed E-state index contributed by atoms with van der Waals surface area (Å²) in [6.45, 7) is 8.02. The zero-order valence-electron chi connectivity index (χ0n) is 10.9. The van der Waals surface area contributed by atoms with Crippen molar-refractivity contribution in [2.24, 2.45) is 0 Å². The van der Waals surface area contributed by atoms with Crippen LogP contribution in [0.3, 0.4) is 0 Å². The van der Waals surface area contributed by atoms with Gasteiger partial charge in [-0.15, -0.1) is 0 Å². The molecule has 17 heavy (non-hydrogen) atoms. The van der Waals surface area contributed by atoms with Gasteiger partial charge in [-0.05, 0) is 38.0 Å². The molecule has 0 amide bonds. The molecule has 0 heterocycles. The number of hydrogen-bond donors (Lipinski definition) is 1. The summed E-state index contributed by atoms with van der Waals surface area (Å²) in [6, 6.07) is 8.65. The lowest BCUT2D eigenvalue weighted by molar-refractivity contribution is 0.217. The van der Waals surface area contributed by atoms with E-state index in [0.717, 1.165) is 24.3 Å². The molecule has 0 aliphatic rings. The molecule has 0 aliphatic carbocycles. The summed E-state index contributed by atoms with van der Waals surface area (Å²) in [5.41, 5.74) is 9.14. The van der Waals surface area contributed by atoms with Gasteiger partial charge < -0.3 is 5.73 Å². The standard InChI is InChI=1S/C14H21N3/c1-11(2)17(9-5-8-15)10-13-6-4-7-14(16)12(13)3/h4,6-7,11H,5,9-10,16H2,1-3H3. The third kappa shape index (κ3) is 3.76. The van der Waals surface area contributed by atoms with Gasteiger partial charge in [-0.1, -0.05) is 12.1 Å². The summed E-state index contributed by atoms with van der Waals surface area (Å²) in [7, 11) is 0. The van der Waals surface area contributed by atoms with Gasteiger partial charge in [0.1, 0.15) is 0 Å². The van der Waals surface area contributed by atoms with Gasteiger partial charge in [0.25, 0.3) is 0 Å². The first-order valence-corrected chi connectivity index (χ1v) is 6.01. The molecule has 0 saturated carbocycles. The second-order valence-corrected chi connectivity index (χ2v) is 4.60. The number of nitriles is 1. The molecule has 0 aromatic heterocycles. The molecule has 0 radical (unpaired) electrons. The van der Waals surface area contributed by atoms with Crippen LogP contribution in [0.15, 0.2) is 18.2 Å². The maximum atomic E-state index is 8.67. The Morgan fingerprint density at radius 1 is 1.41 bits per heavy atom. The molecular weight excluding hydrogens is 210 g/mol. The molecule has 0 aliphatic heterocycles. The van der Waals surface area contributed by atoms with Gasteiger partial charge in [0.2, 0.25) is 0 Å². The van der Waals surface area contributed by atoms with E-state index in [1.165, 1.54) is 5.56 Å². The van der Waals surface area contributed by atoms with E-state index in [1.54, 1.807) is 0 Å². The van der Waals surface area contributed by atoms with Gasteiger partial charge >= 0.3 is 0 Å². The summed E-state index contributed by atoms with van der Waals surface area (Å²) in [5, 5.41) is 8.67. The zero-order chi connectivity index (χ0) is 12.8. The molecule has 0 fully saturated rings. The Hall–Kier alpha value is -1.53. The third-order valence-electron chi connectivity index (χ3n) is 3.10. The van der Waals surface area contributed by atoms with Crippen LogP contribution in [0.25, 0.3) is 0 Å². The molecule has 1 rings (SSSR count). The number of rotatable bonds is 5. The predicted molar refractivity (Wildman–Crippen MR) is 71.4 cm³/mol. The van der Waals surface area contributed by atoms with Crippen molar-refractivity contribution < 1.29 is 0 Å². The zero-order valence-corrected chi connectivity index (χ0v) is 10.9. The molecular formula is C14H21N3. The molecule has 0 bridgehead atoms. The number of nitrogen functional groups attached to an aromatic ring is 1. The Kier molecular flexibility index (Phi) is 4.99. The van der Waals surface area contributed by atoms with Crippen molar-refractivity contribution in [2.75, 3.05) is 12.3 Å². The molecule has 0 spiro atoms. The largest absolute Gasteiger partial charge is 0.399 e. The average molecular weight is 231 g/mol. The van der Waals surface area contributed by atoms with Crippen LogP contribution in [0.5, 0.6) is 0 Å². The van der Waals surface area contributed by atoms with Crippen LogP contribution in [-0.4, -0.2) is 17.5 Å². The van der Waals surface area contributed by atoms with Gasteiger partial charge in [0.15, 0.2) is 0 Å². The maximum Gasteiger partial charge on any atom is 0.0635 e. The van der Waals surface area contributed by atoms with E-state index in [0.29, 0.717) is 12.5 Å². The Morgan fingerprint density at radius 2 is 2.12 bits per heavy atom. The lowest BCUT2D eigenvalue weighted by Crippen LogP contribution is -2.31. The quantitative estimate of drug-likeness (QED) is 0.793. The monoisotopic (exact) mass is 231 g/mol. The Morgan fingerprint density at radius 3 is 2.71 bits per heavy atom. The SMILES string of the molecule is Cc1c(N)cccc1CN(CCC#N)C(C)C. The topological polar surface area (TPSA) is 53.0 Å². The molecule has 3 heteroatoms. The fourth-order valence-electron chi connectivity index (χ4n) is 1.81. The Balaban J connectivity index is 2.79. The van der Waals surface area contributed by atoms with Crippen LogP contribution in [0.1, 0.15) is 31.4 Å². The highest BCUT2D eigenvalue weighted by molar-refractivity contribution is 5.49. The van der Waals surface area contributed by atoms with Gasteiger partial charge in [0, 0.05) is 31.2 Å². The van der Waals surface area contributed by atoms with E-state index in [-0.39, 0.29) is 0 Å². The summed E-state index contributed by atoms with van der Waals surface area (Å²) in [6.07, 6.45) is 0.569. The molecule has 0 atom stereocenters. The molecule has 3 nitrogen and oxygen atoms in total. The van der Waals surface area contributed by atoms with Crippen molar-refractivity contribution >= 4 is 5.69 Å². The first kappa shape index (κ1) is 13.5. The lowest BCUT2D eigenvalue weighted by Gasteiger charge is -2.26. The Bertz CT molecular complexity index is 404. The van der Waals surface area contributed by atoms with Crippen molar-refractivity contribution in [2.45, 2.75) is 39.8 Å². The number of nitrogens with two attached hydrogens (primary N) is 1. The highest BCUT2D eigenvalue weighted by atomic mass is 15.1. The van der Waals surface area contributed by atoms with Crippen molar-refractivity contribution in [1.29, 1.82) is 5.26 Å². The fraction of sp³-hybridized carbons (Fsp3) is 0.500. The molecule has 2 N–H and O–H groups in total. The van der Waals surface area contributed by atoms with Crippen LogP contribution < -0.4 is 5.73 Å². The molecule has 92 valence electrons. The summed E-state index contributed by atoms with van der Waals surface area (Å²) < 4.78 is 0. The second kappa shape index (κ2) is 6.27. The van der Waals surface area contributed by atoms with E-state index < -0.39 is 0 Å². The minimum atomic E-state index is 0.434. The smallest absolute Gasteiger partial charge is 0.0635 e. The van der Waals surface area contributed by atoms with Crippen LogP contribution in [-0.2, 0) is 6.54 Å². The van der Waals surface area contributed by atoms with Gasteiger partial charge in [-0.25, -0.2) is 0 Å². The van der Waals surface area contributed by atoms with Crippen LogP contribution in [0.4, 0.5) is 5.69 Å². The van der Waals surface area contributed by atoms with Crippen molar-refractivity contribution in [3.05, 3.63) is 29.3 Å². The van der Waals surface area contributed by atoms with Gasteiger partial charge in [0.05, 0.1) is 6.07 Å². The summed E-state index contributed by atoms with van der Waals surface area (Å²) in [4.78, 5) is 2.30. The maximum absolute atomic E-state index is 8.67. The van der Waals surface area contributed by atoms with E-state index in [9.17, 15) is 0 Å². The minimum Gasteiger partial charge on any atom is -0.399 e. The highest BCUT2D eigenvalue weighted by Crippen LogP contribution is 2.18. The second-order valence-electron chi connectivity index (χ2n) is 4.60.